The van der Waals surface area contributed by atoms with E-state index in [0.717, 1.165) is 32.1 Å². The number of carbonyl (C=O) groups is 1. The quantitative estimate of drug-likeness (QED) is 0.237. The average Bonchev–Trinajstić information content (AvgIpc) is 3.08. The van der Waals surface area contributed by atoms with Crippen molar-refractivity contribution in [3.63, 3.8) is 0 Å². The highest BCUT2D eigenvalue weighted by Crippen LogP contribution is 2.68. The summed E-state index contributed by atoms with van der Waals surface area (Å²) < 4.78 is 20.3. The van der Waals surface area contributed by atoms with Crippen molar-refractivity contribution in [1.82, 2.24) is 0 Å². The molecule has 0 aromatic heterocycles. The molecule has 4 aliphatic rings. The Morgan fingerprint density at radius 3 is 1.93 bits per heavy atom. The van der Waals surface area contributed by atoms with Gasteiger partial charge in [0.2, 0.25) is 0 Å². The van der Waals surface area contributed by atoms with Crippen LogP contribution in [0.4, 0.5) is 0 Å². The molecule has 7 heteroatoms. The molecule has 0 aliphatic heterocycles. The highest BCUT2D eigenvalue weighted by Gasteiger charge is 2.66. The van der Waals surface area contributed by atoms with Gasteiger partial charge < -0.3 is 18.7 Å². The molecule has 4 saturated carbocycles. The molecule has 11 atom stereocenters. The molecule has 4 rings (SSSR count). The van der Waals surface area contributed by atoms with Crippen LogP contribution in [0.5, 0.6) is 0 Å². The molecule has 0 radical (unpaired) electrons. The molecule has 0 bridgehead atoms. The minimum Gasteiger partial charge on any atom is -0.463 e. The van der Waals surface area contributed by atoms with Crippen molar-refractivity contribution in [3.8, 4) is 0 Å². The number of rotatable bonds is 6. The first-order valence-corrected chi connectivity index (χ1v) is 23.0. The van der Waals surface area contributed by atoms with Gasteiger partial charge in [-0.15, -0.1) is 0 Å². The molecule has 0 unspecified atom stereocenters. The molecule has 244 valence electrons. The Morgan fingerprint density at radius 2 is 1.38 bits per heavy atom. The molecule has 5 nitrogen and oxygen atoms in total. The van der Waals surface area contributed by atoms with Gasteiger partial charge in [-0.2, -0.15) is 0 Å². The summed E-state index contributed by atoms with van der Waals surface area (Å²) in [6, 6.07) is 0. The maximum atomic E-state index is 11.9. The zero-order valence-corrected chi connectivity index (χ0v) is 31.7. The van der Waals surface area contributed by atoms with E-state index in [2.05, 4.69) is 81.6 Å². The van der Waals surface area contributed by atoms with Crippen LogP contribution in [-0.4, -0.2) is 52.1 Å². The number of esters is 1. The molecular formula is C35H66O5Si2. The molecule has 0 amide bonds. The molecular weight excluding hydrogens is 557 g/mol. The molecule has 0 saturated heterocycles. The number of hydrogen-bond donors (Lipinski definition) is 1. The van der Waals surface area contributed by atoms with Gasteiger partial charge in [-0.25, -0.2) is 0 Å². The van der Waals surface area contributed by atoms with E-state index in [1.165, 1.54) is 19.8 Å². The number of ether oxygens (including phenoxy) is 1. The minimum absolute atomic E-state index is 0.0250. The summed E-state index contributed by atoms with van der Waals surface area (Å²) in [5, 5.41) is 12.1. The topological polar surface area (TPSA) is 65.0 Å². The van der Waals surface area contributed by atoms with Crippen LogP contribution in [0, 0.1) is 40.4 Å². The Hall–Kier alpha value is -0.216. The second kappa shape index (κ2) is 11.2. The number of aliphatic hydroxyl groups excluding tert-OH is 1. The van der Waals surface area contributed by atoms with Crippen molar-refractivity contribution in [1.29, 1.82) is 0 Å². The first-order valence-electron chi connectivity index (χ1n) is 17.2. The van der Waals surface area contributed by atoms with Gasteiger partial charge in [0, 0.05) is 25.0 Å². The molecule has 0 aromatic carbocycles. The van der Waals surface area contributed by atoms with Crippen molar-refractivity contribution in [2.45, 2.75) is 175 Å². The Morgan fingerprint density at radius 1 is 0.833 bits per heavy atom. The Labute approximate surface area is 260 Å². The molecule has 0 heterocycles. The van der Waals surface area contributed by atoms with Gasteiger partial charge in [0.15, 0.2) is 16.6 Å². The van der Waals surface area contributed by atoms with Crippen LogP contribution >= 0.6 is 0 Å². The van der Waals surface area contributed by atoms with Crippen LogP contribution < -0.4 is 0 Å². The summed E-state index contributed by atoms with van der Waals surface area (Å²) in [6.45, 7) is 32.3. The fourth-order valence-corrected chi connectivity index (χ4v) is 12.6. The molecule has 4 aliphatic carbocycles. The maximum absolute atomic E-state index is 11.9. The summed E-state index contributed by atoms with van der Waals surface area (Å²) in [4.78, 5) is 11.9. The SMILES string of the molecule is CC(=O)O[C@@H](C)[C@H]1C[C@@H](O)[C@H]2[C@@H]3C[C@H](O[Si](C)(C)C(C)(C)C)[C@H]4C[C@@H](O[Si](C)(C)C(C)(C)C)CC[C@]4(C)[C@H]3CC[C@@]21C. The summed E-state index contributed by atoms with van der Waals surface area (Å²) in [6.07, 6.45) is 7.47. The highest BCUT2D eigenvalue weighted by atomic mass is 28.4. The lowest BCUT2D eigenvalue weighted by molar-refractivity contribution is -0.180. The van der Waals surface area contributed by atoms with Gasteiger partial charge >= 0.3 is 5.97 Å². The third-order valence-corrected chi connectivity index (χ3v) is 23.1. The fourth-order valence-electron chi connectivity index (χ4n) is 9.80. The number of hydrogen-bond acceptors (Lipinski definition) is 5. The Bertz CT molecular complexity index is 998. The van der Waals surface area contributed by atoms with Gasteiger partial charge in [-0.05, 0) is 123 Å². The fraction of sp³-hybridized carbons (Fsp3) is 0.971. The van der Waals surface area contributed by atoms with Gasteiger partial charge in [0.25, 0.3) is 0 Å². The van der Waals surface area contributed by atoms with Crippen molar-refractivity contribution >= 4 is 22.6 Å². The molecule has 42 heavy (non-hydrogen) atoms. The van der Waals surface area contributed by atoms with Gasteiger partial charge in [0.1, 0.15) is 6.10 Å². The smallest absolute Gasteiger partial charge is 0.302 e. The Kier molecular flexibility index (Phi) is 9.27. The second-order valence-electron chi connectivity index (χ2n) is 18.6. The summed E-state index contributed by atoms with van der Waals surface area (Å²) in [5.41, 5.74) is 0.159. The molecule has 0 spiro atoms. The minimum atomic E-state index is -2.03. The van der Waals surface area contributed by atoms with E-state index < -0.39 is 16.6 Å². The lowest BCUT2D eigenvalue weighted by Crippen LogP contribution is -2.62. The molecule has 1 N–H and O–H groups in total. The van der Waals surface area contributed by atoms with Crippen molar-refractivity contribution in [2.75, 3.05) is 0 Å². The van der Waals surface area contributed by atoms with Crippen LogP contribution in [0.2, 0.25) is 36.3 Å². The highest BCUT2D eigenvalue weighted by molar-refractivity contribution is 6.74. The predicted molar refractivity (Wildman–Crippen MR) is 177 cm³/mol. The summed E-state index contributed by atoms with van der Waals surface area (Å²) >= 11 is 0. The van der Waals surface area contributed by atoms with E-state index in [-0.39, 0.29) is 57.0 Å². The Balaban J connectivity index is 1.69. The predicted octanol–water partition coefficient (Wildman–Crippen LogP) is 8.96. The van der Waals surface area contributed by atoms with Crippen LogP contribution in [-0.2, 0) is 18.4 Å². The van der Waals surface area contributed by atoms with Crippen molar-refractivity contribution < 1.29 is 23.5 Å². The van der Waals surface area contributed by atoms with E-state index in [4.69, 9.17) is 13.6 Å². The third kappa shape index (κ3) is 6.01. The van der Waals surface area contributed by atoms with Gasteiger partial charge in [-0.3, -0.25) is 4.79 Å². The van der Waals surface area contributed by atoms with E-state index >= 15 is 0 Å². The standard InChI is InChI=1S/C35H66O5Si2/c1-22(38-23(2)36)27-21-29(37)31-25-20-30(40-42(13,14)33(6,7)8)28-19-24(39-41(11,12)32(3,4)5)15-17-34(28,9)26(25)16-18-35(27,31)10/h22,24-31,37H,15-21H2,1-14H3/t22-,24-,25+,26-,27+,28+,29+,30-,31+,34+,35+/m0/s1. The van der Waals surface area contributed by atoms with Crippen LogP contribution in [0.3, 0.4) is 0 Å². The maximum Gasteiger partial charge on any atom is 0.302 e. The summed E-state index contributed by atoms with van der Waals surface area (Å²) in [7, 11) is -3.90. The molecule has 0 aromatic rings. The van der Waals surface area contributed by atoms with Crippen molar-refractivity contribution in [2.24, 2.45) is 40.4 Å². The zero-order chi connectivity index (χ0) is 31.8. The largest absolute Gasteiger partial charge is 0.463 e. The van der Waals surface area contributed by atoms with Gasteiger partial charge in [-0.1, -0.05) is 55.4 Å². The first kappa shape index (κ1) is 34.7. The van der Waals surface area contributed by atoms with E-state index in [1.54, 1.807) is 0 Å². The monoisotopic (exact) mass is 622 g/mol. The first-order chi connectivity index (χ1) is 18.9. The van der Waals surface area contributed by atoms with Crippen LogP contribution in [0.1, 0.15) is 114 Å². The van der Waals surface area contributed by atoms with E-state index in [1.807, 2.05) is 6.92 Å². The van der Waals surface area contributed by atoms with Crippen LogP contribution in [0.15, 0.2) is 0 Å². The van der Waals surface area contributed by atoms with Crippen LogP contribution in [0.25, 0.3) is 0 Å². The zero-order valence-electron chi connectivity index (χ0n) is 29.7. The number of fused-ring (bicyclic) bond motifs is 5. The number of aliphatic hydroxyl groups is 1. The van der Waals surface area contributed by atoms with Gasteiger partial charge in [0.05, 0.1) is 6.10 Å². The lowest BCUT2D eigenvalue weighted by atomic mass is 9.44. The number of carbonyl (C=O) groups excluding carboxylic acids is 1. The third-order valence-electron chi connectivity index (χ3n) is 14.1. The normalized spacial score (nSPS) is 41.9. The van der Waals surface area contributed by atoms with Crippen molar-refractivity contribution in [3.05, 3.63) is 0 Å². The second-order valence-corrected chi connectivity index (χ2v) is 28.1. The molecule has 4 fully saturated rings. The summed E-state index contributed by atoms with van der Waals surface area (Å²) in [5.74, 6) is 1.71. The average molecular weight is 623 g/mol. The lowest BCUT2D eigenvalue weighted by Gasteiger charge is -2.64. The van der Waals surface area contributed by atoms with E-state index in [9.17, 15) is 9.90 Å². The van der Waals surface area contributed by atoms with E-state index in [0.29, 0.717) is 23.9 Å².